The maximum atomic E-state index is 11.2. The molecule has 0 radical (unpaired) electrons. The molecule has 0 spiro atoms. The minimum absolute atomic E-state index is 0.000556. The standard InChI is InChI=1S/C8H17NO3/c1-2-9(5-7-11)8(12)4-3-6-10/h10-11H,2-7H2,1H3. The normalized spacial score (nSPS) is 9.92. The van der Waals surface area contributed by atoms with Gasteiger partial charge in [-0.15, -0.1) is 0 Å². The molecule has 0 aliphatic carbocycles. The highest BCUT2D eigenvalue weighted by Crippen LogP contribution is 1.96. The molecule has 0 aliphatic rings. The van der Waals surface area contributed by atoms with Gasteiger partial charge in [-0.05, 0) is 13.3 Å². The van der Waals surface area contributed by atoms with E-state index in [1.165, 1.54) is 0 Å². The van der Waals surface area contributed by atoms with E-state index in [1.54, 1.807) is 4.90 Å². The van der Waals surface area contributed by atoms with Crippen molar-refractivity contribution in [3.63, 3.8) is 0 Å². The molecule has 0 unspecified atom stereocenters. The van der Waals surface area contributed by atoms with Gasteiger partial charge in [0.1, 0.15) is 0 Å². The number of carbonyl (C=O) groups is 1. The predicted octanol–water partition coefficient (Wildman–Crippen LogP) is -0.400. The smallest absolute Gasteiger partial charge is 0.222 e. The van der Waals surface area contributed by atoms with E-state index in [4.69, 9.17) is 10.2 Å². The lowest BCUT2D eigenvalue weighted by Gasteiger charge is -2.19. The third-order valence-corrected chi connectivity index (χ3v) is 1.65. The molecule has 0 aromatic carbocycles. The van der Waals surface area contributed by atoms with Crippen LogP contribution in [-0.4, -0.2) is 47.3 Å². The summed E-state index contributed by atoms with van der Waals surface area (Å²) in [6.45, 7) is 2.92. The van der Waals surface area contributed by atoms with E-state index < -0.39 is 0 Å². The molecule has 0 heterocycles. The van der Waals surface area contributed by atoms with Crippen LogP contribution in [-0.2, 0) is 4.79 Å². The molecule has 4 nitrogen and oxygen atoms in total. The number of likely N-dealkylation sites (N-methyl/N-ethyl adjacent to an activating group) is 1. The van der Waals surface area contributed by atoms with Crippen molar-refractivity contribution in [2.45, 2.75) is 19.8 Å². The molecule has 0 atom stereocenters. The zero-order valence-electron chi connectivity index (χ0n) is 7.49. The van der Waals surface area contributed by atoms with Crippen LogP contribution in [0.3, 0.4) is 0 Å². The van der Waals surface area contributed by atoms with Crippen molar-refractivity contribution < 1.29 is 15.0 Å². The molecule has 0 saturated heterocycles. The first-order valence-corrected chi connectivity index (χ1v) is 4.25. The van der Waals surface area contributed by atoms with Crippen LogP contribution in [0.5, 0.6) is 0 Å². The maximum Gasteiger partial charge on any atom is 0.222 e. The van der Waals surface area contributed by atoms with E-state index in [2.05, 4.69) is 0 Å². The van der Waals surface area contributed by atoms with Crippen LogP contribution >= 0.6 is 0 Å². The zero-order chi connectivity index (χ0) is 9.40. The Morgan fingerprint density at radius 3 is 2.42 bits per heavy atom. The first kappa shape index (κ1) is 11.4. The number of rotatable bonds is 6. The molecule has 0 fully saturated rings. The van der Waals surface area contributed by atoms with Crippen molar-refractivity contribution in [1.82, 2.24) is 4.90 Å². The lowest BCUT2D eigenvalue weighted by molar-refractivity contribution is -0.131. The van der Waals surface area contributed by atoms with Crippen molar-refractivity contribution in [1.29, 1.82) is 0 Å². The number of hydrogen-bond acceptors (Lipinski definition) is 3. The molecule has 0 bridgehead atoms. The van der Waals surface area contributed by atoms with Gasteiger partial charge in [-0.3, -0.25) is 4.79 Å². The van der Waals surface area contributed by atoms with Gasteiger partial charge in [-0.2, -0.15) is 0 Å². The van der Waals surface area contributed by atoms with E-state index in [9.17, 15) is 4.79 Å². The minimum Gasteiger partial charge on any atom is -0.396 e. The monoisotopic (exact) mass is 175 g/mol. The average Bonchev–Trinajstić information content (AvgIpc) is 2.10. The molecule has 0 aromatic heterocycles. The molecule has 4 heteroatoms. The largest absolute Gasteiger partial charge is 0.396 e. The molecule has 0 aliphatic heterocycles. The second kappa shape index (κ2) is 7.06. The van der Waals surface area contributed by atoms with Crippen molar-refractivity contribution >= 4 is 5.91 Å². The number of aliphatic hydroxyl groups excluding tert-OH is 2. The first-order chi connectivity index (χ1) is 5.76. The predicted molar refractivity (Wildman–Crippen MR) is 45.7 cm³/mol. The number of carbonyl (C=O) groups excluding carboxylic acids is 1. The second-order valence-corrected chi connectivity index (χ2v) is 2.52. The Balaban J connectivity index is 3.69. The summed E-state index contributed by atoms with van der Waals surface area (Å²) in [5.74, 6) is 0.000556. The van der Waals surface area contributed by atoms with Crippen LogP contribution in [0.15, 0.2) is 0 Å². The summed E-state index contributed by atoms with van der Waals surface area (Å²) in [5, 5.41) is 17.1. The number of aliphatic hydroxyl groups is 2. The number of hydrogen-bond donors (Lipinski definition) is 2. The van der Waals surface area contributed by atoms with Crippen molar-refractivity contribution in [2.24, 2.45) is 0 Å². The number of nitrogens with zero attached hydrogens (tertiary/aromatic N) is 1. The summed E-state index contributed by atoms with van der Waals surface area (Å²) < 4.78 is 0. The SMILES string of the molecule is CCN(CCO)C(=O)CCCO. The fourth-order valence-corrected chi connectivity index (χ4v) is 0.968. The first-order valence-electron chi connectivity index (χ1n) is 4.25. The summed E-state index contributed by atoms with van der Waals surface area (Å²) in [6, 6.07) is 0. The van der Waals surface area contributed by atoms with E-state index in [1.807, 2.05) is 6.92 Å². The zero-order valence-corrected chi connectivity index (χ0v) is 7.49. The van der Waals surface area contributed by atoms with Crippen molar-refractivity contribution in [3.8, 4) is 0 Å². The van der Waals surface area contributed by atoms with Gasteiger partial charge in [0.25, 0.3) is 0 Å². The van der Waals surface area contributed by atoms with Crippen LogP contribution in [0.4, 0.5) is 0 Å². The second-order valence-electron chi connectivity index (χ2n) is 2.52. The highest BCUT2D eigenvalue weighted by molar-refractivity contribution is 5.76. The average molecular weight is 175 g/mol. The Morgan fingerprint density at radius 1 is 1.33 bits per heavy atom. The van der Waals surface area contributed by atoms with Gasteiger partial charge >= 0.3 is 0 Å². The van der Waals surface area contributed by atoms with E-state index in [0.717, 1.165) is 0 Å². The Bertz CT molecular complexity index is 127. The Kier molecular flexibility index (Phi) is 6.70. The molecule has 0 saturated carbocycles. The highest BCUT2D eigenvalue weighted by Gasteiger charge is 2.09. The summed E-state index contributed by atoms with van der Waals surface area (Å²) >= 11 is 0. The molecular formula is C8H17NO3. The third kappa shape index (κ3) is 4.31. The molecule has 12 heavy (non-hydrogen) atoms. The third-order valence-electron chi connectivity index (χ3n) is 1.65. The van der Waals surface area contributed by atoms with Crippen LogP contribution in [0.1, 0.15) is 19.8 Å². The Hall–Kier alpha value is -0.610. The lowest BCUT2D eigenvalue weighted by atomic mass is 10.3. The van der Waals surface area contributed by atoms with Crippen molar-refractivity contribution in [3.05, 3.63) is 0 Å². The van der Waals surface area contributed by atoms with Gasteiger partial charge in [-0.25, -0.2) is 0 Å². The maximum absolute atomic E-state index is 11.2. The van der Waals surface area contributed by atoms with Gasteiger partial charge < -0.3 is 15.1 Å². The van der Waals surface area contributed by atoms with E-state index >= 15 is 0 Å². The van der Waals surface area contributed by atoms with Gasteiger partial charge in [0.15, 0.2) is 0 Å². The summed E-state index contributed by atoms with van der Waals surface area (Å²) in [5.41, 5.74) is 0. The summed E-state index contributed by atoms with van der Waals surface area (Å²) in [4.78, 5) is 12.8. The van der Waals surface area contributed by atoms with E-state index in [0.29, 0.717) is 25.9 Å². The van der Waals surface area contributed by atoms with Crippen LogP contribution in [0.25, 0.3) is 0 Å². The van der Waals surface area contributed by atoms with Crippen LogP contribution in [0, 0.1) is 0 Å². The molecular weight excluding hydrogens is 158 g/mol. The van der Waals surface area contributed by atoms with Gasteiger partial charge in [0.05, 0.1) is 6.61 Å². The lowest BCUT2D eigenvalue weighted by Crippen LogP contribution is -2.33. The van der Waals surface area contributed by atoms with Gasteiger partial charge in [0, 0.05) is 26.1 Å². The molecule has 72 valence electrons. The summed E-state index contributed by atoms with van der Waals surface area (Å²) in [6.07, 6.45) is 0.866. The fraction of sp³-hybridized carbons (Fsp3) is 0.875. The fourth-order valence-electron chi connectivity index (χ4n) is 0.968. The Morgan fingerprint density at radius 2 is 2.00 bits per heavy atom. The molecule has 0 aromatic rings. The number of amides is 1. The summed E-state index contributed by atoms with van der Waals surface area (Å²) in [7, 11) is 0. The highest BCUT2D eigenvalue weighted by atomic mass is 16.3. The molecule has 1 amide bonds. The molecule has 2 N–H and O–H groups in total. The van der Waals surface area contributed by atoms with Crippen molar-refractivity contribution in [2.75, 3.05) is 26.3 Å². The topological polar surface area (TPSA) is 60.8 Å². The Labute approximate surface area is 72.8 Å². The van der Waals surface area contributed by atoms with Gasteiger partial charge in [0.2, 0.25) is 5.91 Å². The van der Waals surface area contributed by atoms with Crippen LogP contribution in [0.2, 0.25) is 0 Å². The minimum atomic E-state index is -0.00128. The molecule has 0 rings (SSSR count). The van der Waals surface area contributed by atoms with E-state index in [-0.39, 0.29) is 19.1 Å². The van der Waals surface area contributed by atoms with Crippen LogP contribution < -0.4 is 0 Å². The van der Waals surface area contributed by atoms with Gasteiger partial charge in [-0.1, -0.05) is 0 Å². The quantitative estimate of drug-likeness (QED) is 0.577.